The lowest BCUT2D eigenvalue weighted by molar-refractivity contribution is -0.147. The van der Waals surface area contributed by atoms with Gasteiger partial charge in [0.1, 0.15) is 17.2 Å². The van der Waals surface area contributed by atoms with Crippen LogP contribution in [0, 0.1) is 0 Å². The van der Waals surface area contributed by atoms with Crippen LogP contribution in [0.15, 0.2) is 91.1 Å². The number of benzene rings is 3. The number of carbonyl (C=O) groups is 3. The average molecular weight is 617 g/mol. The number of hydrogen-bond acceptors (Lipinski definition) is 6. The highest BCUT2D eigenvalue weighted by Crippen LogP contribution is 2.36. The molecule has 4 aromatic rings. The number of carboxylic acid groups (broad SMARTS) is 1. The molecule has 0 radical (unpaired) electrons. The number of nitrogens with zero attached hydrogens (tertiary/aromatic N) is 1. The second-order valence-corrected chi connectivity index (χ2v) is 8.91. The molecule has 0 saturated heterocycles. The Labute approximate surface area is 248 Å². The maximum absolute atomic E-state index is 12.9. The molecule has 1 heterocycles. The molecule has 0 bridgehead atoms. The maximum atomic E-state index is 12.9. The number of amides is 3. The molecule has 224 valence electrons. The number of carbonyl (C=O) groups excluding carboxylic acids is 2. The van der Waals surface area contributed by atoms with Crippen molar-refractivity contribution in [1.29, 1.82) is 0 Å². The van der Waals surface area contributed by atoms with Gasteiger partial charge in [-0.3, -0.25) is 9.78 Å². The molecular weight excluding hydrogens is 593 g/mol. The summed E-state index contributed by atoms with van der Waals surface area (Å²) in [4.78, 5) is 38.0. The summed E-state index contributed by atoms with van der Waals surface area (Å²) in [6, 6.07) is 19.9. The lowest BCUT2D eigenvalue weighted by Gasteiger charge is -2.12. The van der Waals surface area contributed by atoms with Crippen molar-refractivity contribution in [1.82, 2.24) is 10.3 Å². The molecule has 0 aliphatic carbocycles. The fourth-order valence-electron chi connectivity index (χ4n) is 3.36. The number of aliphatic hydroxyl groups is 1. The van der Waals surface area contributed by atoms with E-state index in [1.807, 2.05) is 0 Å². The van der Waals surface area contributed by atoms with Gasteiger partial charge in [-0.15, -0.1) is 0 Å². The van der Waals surface area contributed by atoms with Crippen LogP contribution in [0.4, 0.5) is 29.3 Å². The third kappa shape index (κ3) is 9.73. The van der Waals surface area contributed by atoms with Crippen LogP contribution in [-0.4, -0.2) is 40.2 Å². The van der Waals surface area contributed by atoms with E-state index < -0.39 is 34.9 Å². The van der Waals surface area contributed by atoms with Gasteiger partial charge in [-0.25, -0.2) is 9.59 Å². The predicted molar refractivity (Wildman–Crippen MR) is 152 cm³/mol. The van der Waals surface area contributed by atoms with E-state index in [2.05, 4.69) is 20.9 Å². The number of aliphatic hydroxyl groups excluding tert-OH is 1. The van der Waals surface area contributed by atoms with Gasteiger partial charge in [0.2, 0.25) is 0 Å². The fourth-order valence-corrected chi connectivity index (χ4v) is 3.59. The average Bonchev–Trinajstić information content (AvgIpc) is 2.98. The molecule has 0 aliphatic heterocycles. The molecule has 3 aromatic carbocycles. The van der Waals surface area contributed by atoms with Crippen molar-refractivity contribution in [2.24, 2.45) is 0 Å². The molecule has 14 heteroatoms. The van der Waals surface area contributed by atoms with Crippen molar-refractivity contribution < 1.29 is 42.5 Å². The summed E-state index contributed by atoms with van der Waals surface area (Å²) in [5, 5.41) is 24.2. The topological polar surface area (TPSA) is 150 Å². The SMILES string of the molecule is CNC(=O)c1cc(Oc2ccc(NC(=O)Nc3ccc(Cl)c(C(F)(F)F)c3)cc2)ccn1.O=C(O)C(O)c1ccccc1. The number of aliphatic carboxylic acids is 1. The molecule has 43 heavy (non-hydrogen) atoms. The highest BCUT2D eigenvalue weighted by molar-refractivity contribution is 6.31. The zero-order valence-electron chi connectivity index (χ0n) is 22.2. The third-order valence-corrected chi connectivity index (χ3v) is 5.75. The Hall–Kier alpha value is -5.14. The smallest absolute Gasteiger partial charge is 0.417 e. The van der Waals surface area contributed by atoms with Gasteiger partial charge in [0, 0.05) is 30.7 Å². The summed E-state index contributed by atoms with van der Waals surface area (Å²) >= 11 is 5.57. The normalized spacial score (nSPS) is 11.3. The standard InChI is InChI=1S/C21H16ClF3N4O3.C8H8O3/c1-26-19(30)18-11-15(8-9-27-18)32-14-5-2-12(3-6-14)28-20(31)29-13-4-7-17(22)16(10-13)21(23,24)25;9-7(8(10)11)6-4-2-1-3-5-6/h2-11H,1H3,(H,26,30)(H2,28,29,31);1-5,7,9H,(H,10,11). The Morgan fingerprint density at radius 2 is 1.51 bits per heavy atom. The van der Waals surface area contributed by atoms with E-state index >= 15 is 0 Å². The third-order valence-electron chi connectivity index (χ3n) is 5.42. The molecule has 0 fully saturated rings. The van der Waals surface area contributed by atoms with Crippen molar-refractivity contribution in [2.75, 3.05) is 17.7 Å². The van der Waals surface area contributed by atoms with E-state index in [0.717, 1.165) is 12.1 Å². The number of ether oxygens (including phenoxy) is 1. The zero-order chi connectivity index (χ0) is 31.6. The number of urea groups is 1. The Balaban J connectivity index is 0.000000386. The number of carboxylic acids is 1. The number of pyridine rings is 1. The van der Waals surface area contributed by atoms with Gasteiger partial charge in [-0.2, -0.15) is 13.2 Å². The monoisotopic (exact) mass is 616 g/mol. The highest BCUT2D eigenvalue weighted by Gasteiger charge is 2.33. The minimum atomic E-state index is -4.64. The van der Waals surface area contributed by atoms with Crippen LogP contribution in [0.25, 0.3) is 0 Å². The number of rotatable bonds is 7. The van der Waals surface area contributed by atoms with E-state index in [1.165, 1.54) is 25.4 Å². The van der Waals surface area contributed by atoms with E-state index in [-0.39, 0.29) is 17.3 Å². The first-order chi connectivity index (χ1) is 20.4. The molecule has 1 aromatic heterocycles. The summed E-state index contributed by atoms with van der Waals surface area (Å²) < 4.78 is 44.5. The van der Waals surface area contributed by atoms with Crippen molar-refractivity contribution in [3.8, 4) is 11.5 Å². The molecule has 0 saturated carbocycles. The summed E-state index contributed by atoms with van der Waals surface area (Å²) in [5.41, 5.74) is -0.144. The van der Waals surface area contributed by atoms with Crippen LogP contribution in [-0.2, 0) is 11.0 Å². The van der Waals surface area contributed by atoms with E-state index in [9.17, 15) is 27.6 Å². The summed E-state index contributed by atoms with van der Waals surface area (Å²) in [5.74, 6) is -0.766. The lowest BCUT2D eigenvalue weighted by Crippen LogP contribution is -2.19. The largest absolute Gasteiger partial charge is 0.479 e. The first-order valence-electron chi connectivity index (χ1n) is 12.2. The van der Waals surface area contributed by atoms with Gasteiger partial charge < -0.3 is 30.9 Å². The maximum Gasteiger partial charge on any atom is 0.417 e. The summed E-state index contributed by atoms with van der Waals surface area (Å²) in [6.45, 7) is 0. The summed E-state index contributed by atoms with van der Waals surface area (Å²) in [7, 11) is 1.49. The zero-order valence-corrected chi connectivity index (χ0v) is 23.0. The van der Waals surface area contributed by atoms with Crippen LogP contribution < -0.4 is 20.7 Å². The minimum Gasteiger partial charge on any atom is -0.479 e. The molecule has 0 aliphatic rings. The number of nitrogens with one attached hydrogen (secondary N) is 3. The Morgan fingerprint density at radius 3 is 2.12 bits per heavy atom. The van der Waals surface area contributed by atoms with Gasteiger partial charge in [0.15, 0.2) is 6.10 Å². The molecule has 0 spiro atoms. The van der Waals surface area contributed by atoms with Crippen molar-refractivity contribution in [3.05, 3.63) is 113 Å². The van der Waals surface area contributed by atoms with Gasteiger partial charge >= 0.3 is 18.2 Å². The Bertz CT molecular complexity index is 1570. The minimum absolute atomic E-state index is 0.0659. The molecule has 1 unspecified atom stereocenters. The number of hydrogen-bond donors (Lipinski definition) is 5. The quantitative estimate of drug-likeness (QED) is 0.162. The highest BCUT2D eigenvalue weighted by atomic mass is 35.5. The Kier molecular flexibility index (Phi) is 11.0. The molecule has 3 amide bonds. The first-order valence-corrected chi connectivity index (χ1v) is 12.6. The first kappa shape index (κ1) is 32.4. The number of anilines is 2. The second kappa shape index (κ2) is 14.7. The van der Waals surface area contributed by atoms with Gasteiger partial charge in [0.05, 0.1) is 10.6 Å². The predicted octanol–water partition coefficient (Wildman–Crippen LogP) is 6.35. The van der Waals surface area contributed by atoms with Crippen LogP contribution >= 0.6 is 11.6 Å². The Morgan fingerprint density at radius 1 is 0.884 bits per heavy atom. The second-order valence-electron chi connectivity index (χ2n) is 8.51. The van der Waals surface area contributed by atoms with E-state index in [4.69, 9.17) is 26.6 Å². The van der Waals surface area contributed by atoms with Gasteiger partial charge in [-0.1, -0.05) is 41.9 Å². The fraction of sp³-hybridized carbons (Fsp3) is 0.103. The van der Waals surface area contributed by atoms with E-state index in [1.54, 1.807) is 60.7 Å². The van der Waals surface area contributed by atoms with Crippen molar-refractivity contribution in [3.63, 3.8) is 0 Å². The number of alkyl halides is 3. The van der Waals surface area contributed by atoms with Gasteiger partial charge in [0.25, 0.3) is 5.91 Å². The molecule has 4 rings (SSSR count). The molecule has 1 atom stereocenters. The summed E-state index contributed by atoms with van der Waals surface area (Å²) in [6.07, 6.45) is -4.62. The van der Waals surface area contributed by atoms with Crippen LogP contribution in [0.3, 0.4) is 0 Å². The molecular formula is C29H24ClF3N4O6. The van der Waals surface area contributed by atoms with Crippen LogP contribution in [0.5, 0.6) is 11.5 Å². The lowest BCUT2D eigenvalue weighted by atomic mass is 10.1. The van der Waals surface area contributed by atoms with Crippen molar-refractivity contribution >= 4 is 40.9 Å². The number of halogens is 4. The van der Waals surface area contributed by atoms with Crippen LogP contribution in [0.1, 0.15) is 27.7 Å². The van der Waals surface area contributed by atoms with Crippen LogP contribution in [0.2, 0.25) is 5.02 Å². The van der Waals surface area contributed by atoms with E-state index in [0.29, 0.717) is 22.7 Å². The molecule has 5 N–H and O–H groups in total. The van der Waals surface area contributed by atoms with Crippen molar-refractivity contribution in [2.45, 2.75) is 12.3 Å². The van der Waals surface area contributed by atoms with Gasteiger partial charge in [-0.05, 0) is 54.1 Å². The number of aromatic nitrogens is 1. The molecule has 10 nitrogen and oxygen atoms in total.